The maximum atomic E-state index is 12.4. The molecule has 0 spiro atoms. The molecule has 2 rings (SSSR count). The third-order valence-electron chi connectivity index (χ3n) is 2.58. The molecule has 0 bridgehead atoms. The Morgan fingerprint density at radius 3 is 2.80 bits per heavy atom. The molecule has 0 saturated heterocycles. The summed E-state index contributed by atoms with van der Waals surface area (Å²) in [5.41, 5.74) is 1.15. The number of aromatic nitrogens is 3. The molecule has 0 N–H and O–H groups in total. The van der Waals surface area contributed by atoms with E-state index in [9.17, 15) is 9.18 Å². The van der Waals surface area contributed by atoms with E-state index in [-0.39, 0.29) is 18.1 Å². The van der Waals surface area contributed by atoms with Gasteiger partial charge >= 0.3 is 5.97 Å². The van der Waals surface area contributed by atoms with Gasteiger partial charge in [0.05, 0.1) is 31.3 Å². The van der Waals surface area contributed by atoms with Crippen LogP contribution in [0.25, 0.3) is 5.69 Å². The van der Waals surface area contributed by atoms with Crippen LogP contribution in [0.3, 0.4) is 0 Å². The maximum absolute atomic E-state index is 12.4. The largest absolute Gasteiger partial charge is 0.479 e. The smallest absolute Gasteiger partial charge is 0.345 e. The summed E-state index contributed by atoms with van der Waals surface area (Å²) in [6.07, 6.45) is 2.96. The van der Waals surface area contributed by atoms with Crippen molar-refractivity contribution in [1.82, 2.24) is 14.8 Å². The molecule has 106 valence electrons. The van der Waals surface area contributed by atoms with E-state index in [4.69, 9.17) is 9.47 Å². The molecule has 0 unspecified atom stereocenters. The third kappa shape index (κ3) is 2.76. The van der Waals surface area contributed by atoms with Crippen LogP contribution in [0.4, 0.5) is 4.39 Å². The number of pyridine rings is 1. The second kappa shape index (κ2) is 6.14. The van der Waals surface area contributed by atoms with Crippen molar-refractivity contribution in [1.29, 1.82) is 0 Å². The molecule has 0 radical (unpaired) electrons. The molecule has 0 fully saturated rings. The number of hydrogen-bond donors (Lipinski definition) is 0. The highest BCUT2D eigenvalue weighted by atomic mass is 19.1. The number of alkyl halides is 1. The van der Waals surface area contributed by atoms with Crippen molar-refractivity contribution < 1.29 is 18.7 Å². The van der Waals surface area contributed by atoms with E-state index in [1.165, 1.54) is 24.2 Å². The summed E-state index contributed by atoms with van der Waals surface area (Å²) in [5.74, 6) is -0.345. The number of hydrogen-bond acceptors (Lipinski definition) is 5. The van der Waals surface area contributed by atoms with Gasteiger partial charge < -0.3 is 9.47 Å². The van der Waals surface area contributed by atoms with Gasteiger partial charge in [0.2, 0.25) is 5.88 Å². The Labute approximate surface area is 115 Å². The van der Waals surface area contributed by atoms with E-state index in [1.807, 2.05) is 0 Å². The highest BCUT2D eigenvalue weighted by Gasteiger charge is 2.19. The standard InChI is InChI=1S/C13H14FN3O3/c1-3-20-13(18)11-8-17(16-12(11)19-2)10-5-4-9(6-14)15-7-10/h4-5,7-8H,3,6H2,1-2H3. The van der Waals surface area contributed by atoms with Gasteiger partial charge in [-0.15, -0.1) is 5.10 Å². The lowest BCUT2D eigenvalue weighted by atomic mass is 10.3. The molecule has 0 aliphatic carbocycles. The lowest BCUT2D eigenvalue weighted by Gasteiger charge is -2.00. The summed E-state index contributed by atoms with van der Waals surface area (Å²) in [6.45, 7) is 1.35. The van der Waals surface area contributed by atoms with Crippen molar-refractivity contribution in [2.75, 3.05) is 13.7 Å². The molecule has 20 heavy (non-hydrogen) atoms. The summed E-state index contributed by atoms with van der Waals surface area (Å²) < 4.78 is 23.8. The van der Waals surface area contributed by atoms with Crippen molar-refractivity contribution in [3.8, 4) is 11.6 Å². The van der Waals surface area contributed by atoms with Crippen molar-refractivity contribution in [3.05, 3.63) is 35.8 Å². The lowest BCUT2D eigenvalue weighted by molar-refractivity contribution is 0.0522. The fourth-order valence-corrected chi connectivity index (χ4v) is 1.62. The Morgan fingerprint density at radius 1 is 1.45 bits per heavy atom. The van der Waals surface area contributed by atoms with E-state index in [0.717, 1.165) is 0 Å². The van der Waals surface area contributed by atoms with Crippen LogP contribution >= 0.6 is 0 Å². The summed E-state index contributed by atoms with van der Waals surface area (Å²) in [4.78, 5) is 15.7. The predicted octanol–water partition coefficient (Wildman–Crippen LogP) is 1.92. The summed E-state index contributed by atoms with van der Waals surface area (Å²) >= 11 is 0. The third-order valence-corrected chi connectivity index (χ3v) is 2.58. The number of halogens is 1. The van der Waals surface area contributed by atoms with Gasteiger partial charge in [0.25, 0.3) is 0 Å². The number of ether oxygens (including phenoxy) is 2. The van der Waals surface area contributed by atoms with E-state index < -0.39 is 12.6 Å². The molecular weight excluding hydrogens is 265 g/mol. The van der Waals surface area contributed by atoms with Crippen LogP contribution in [0.1, 0.15) is 23.0 Å². The van der Waals surface area contributed by atoms with Crippen LogP contribution in [-0.2, 0) is 11.4 Å². The van der Waals surface area contributed by atoms with Gasteiger partial charge in [-0.1, -0.05) is 0 Å². The highest BCUT2D eigenvalue weighted by molar-refractivity contribution is 5.91. The van der Waals surface area contributed by atoms with E-state index in [2.05, 4.69) is 10.1 Å². The van der Waals surface area contributed by atoms with Crippen molar-refractivity contribution in [2.45, 2.75) is 13.6 Å². The van der Waals surface area contributed by atoms with Crippen LogP contribution in [0, 0.1) is 0 Å². The predicted molar refractivity (Wildman–Crippen MR) is 68.7 cm³/mol. The Morgan fingerprint density at radius 2 is 2.25 bits per heavy atom. The average Bonchev–Trinajstić information content (AvgIpc) is 2.92. The molecule has 0 aliphatic heterocycles. The Balaban J connectivity index is 2.34. The Kier molecular flexibility index (Phi) is 4.29. The van der Waals surface area contributed by atoms with E-state index in [1.54, 1.807) is 19.1 Å². The van der Waals surface area contributed by atoms with Gasteiger partial charge in [0.15, 0.2) is 0 Å². The summed E-state index contributed by atoms with van der Waals surface area (Å²) in [6, 6.07) is 3.21. The second-order valence-corrected chi connectivity index (χ2v) is 3.86. The number of rotatable bonds is 5. The van der Waals surface area contributed by atoms with Gasteiger partial charge in [-0.05, 0) is 19.1 Å². The first-order valence-corrected chi connectivity index (χ1v) is 6.01. The molecule has 6 nitrogen and oxygen atoms in total. The van der Waals surface area contributed by atoms with Crippen LogP contribution in [0.2, 0.25) is 0 Å². The average molecular weight is 279 g/mol. The van der Waals surface area contributed by atoms with Gasteiger partial charge in [-0.2, -0.15) is 0 Å². The molecule has 0 atom stereocenters. The van der Waals surface area contributed by atoms with Gasteiger partial charge in [0.1, 0.15) is 12.2 Å². The quantitative estimate of drug-likeness (QED) is 0.782. The molecule has 0 aromatic carbocycles. The van der Waals surface area contributed by atoms with Crippen molar-refractivity contribution in [3.63, 3.8) is 0 Å². The minimum absolute atomic E-state index is 0.165. The van der Waals surface area contributed by atoms with Crippen LogP contribution < -0.4 is 4.74 Å². The number of nitrogens with zero attached hydrogens (tertiary/aromatic N) is 3. The first kappa shape index (κ1) is 14.0. The zero-order chi connectivity index (χ0) is 14.5. The Hall–Kier alpha value is -2.44. The number of carbonyl (C=O) groups excluding carboxylic acids is 1. The van der Waals surface area contributed by atoms with Gasteiger partial charge in [-0.3, -0.25) is 4.98 Å². The van der Waals surface area contributed by atoms with E-state index in [0.29, 0.717) is 11.4 Å². The fourth-order valence-electron chi connectivity index (χ4n) is 1.62. The summed E-state index contributed by atoms with van der Waals surface area (Å²) in [5, 5.41) is 4.12. The van der Waals surface area contributed by atoms with Crippen LogP contribution in [0.15, 0.2) is 24.5 Å². The first-order valence-electron chi connectivity index (χ1n) is 6.01. The van der Waals surface area contributed by atoms with Gasteiger partial charge in [0, 0.05) is 6.20 Å². The number of methoxy groups -OCH3 is 1. The molecule has 0 saturated carbocycles. The fraction of sp³-hybridized carbons (Fsp3) is 0.308. The SMILES string of the molecule is CCOC(=O)c1cn(-c2ccc(CF)nc2)nc1OC. The topological polar surface area (TPSA) is 66.2 Å². The maximum Gasteiger partial charge on any atom is 0.345 e. The number of esters is 1. The zero-order valence-corrected chi connectivity index (χ0v) is 11.2. The van der Waals surface area contributed by atoms with E-state index >= 15 is 0 Å². The molecule has 2 aromatic heterocycles. The van der Waals surface area contributed by atoms with Crippen molar-refractivity contribution >= 4 is 5.97 Å². The molecule has 7 heteroatoms. The molecule has 2 aromatic rings. The highest BCUT2D eigenvalue weighted by Crippen LogP contribution is 2.19. The normalized spacial score (nSPS) is 10.3. The molecule has 0 amide bonds. The molecular formula is C13H14FN3O3. The monoisotopic (exact) mass is 279 g/mol. The van der Waals surface area contributed by atoms with Crippen LogP contribution in [0.5, 0.6) is 5.88 Å². The molecule has 2 heterocycles. The molecule has 0 aliphatic rings. The zero-order valence-electron chi connectivity index (χ0n) is 11.2. The van der Waals surface area contributed by atoms with Crippen LogP contribution in [-0.4, -0.2) is 34.5 Å². The Bertz CT molecular complexity index is 595. The minimum Gasteiger partial charge on any atom is -0.479 e. The first-order chi connectivity index (χ1) is 9.69. The van der Waals surface area contributed by atoms with Gasteiger partial charge in [-0.25, -0.2) is 13.9 Å². The lowest BCUT2D eigenvalue weighted by Crippen LogP contribution is -2.05. The van der Waals surface area contributed by atoms with Crippen molar-refractivity contribution in [2.24, 2.45) is 0 Å². The minimum atomic E-state index is -0.628. The number of carbonyl (C=O) groups is 1. The summed E-state index contributed by atoms with van der Waals surface area (Å²) in [7, 11) is 1.42. The second-order valence-electron chi connectivity index (χ2n) is 3.86.